The van der Waals surface area contributed by atoms with Crippen molar-refractivity contribution in [1.29, 1.82) is 0 Å². The van der Waals surface area contributed by atoms with Crippen molar-refractivity contribution >= 4 is 47.5 Å². The van der Waals surface area contributed by atoms with Crippen molar-refractivity contribution in [2.75, 3.05) is 14.1 Å². The Bertz CT molecular complexity index is 830. The zero-order valence-corrected chi connectivity index (χ0v) is 21.4. The molecule has 1 fully saturated rings. The third-order valence-electron chi connectivity index (χ3n) is 5.29. The first-order chi connectivity index (χ1) is 14.1. The summed E-state index contributed by atoms with van der Waals surface area (Å²) in [5, 5.41) is 8.87. The Balaban J connectivity index is 0.00000480. The summed E-state index contributed by atoms with van der Waals surface area (Å²) in [5.41, 5.74) is 6.02. The summed E-state index contributed by atoms with van der Waals surface area (Å²) < 4.78 is 6.12. The zero-order valence-electron chi connectivity index (χ0n) is 18.8. The van der Waals surface area contributed by atoms with Crippen molar-refractivity contribution in [2.24, 2.45) is 20.2 Å². The van der Waals surface area contributed by atoms with Crippen LogP contribution in [0.4, 0.5) is 0 Å². The van der Waals surface area contributed by atoms with Gasteiger partial charge in [0, 0.05) is 25.2 Å². The molecule has 0 saturated carbocycles. The van der Waals surface area contributed by atoms with Gasteiger partial charge in [-0.05, 0) is 69.4 Å². The molecule has 1 radical (unpaired) electrons. The number of piperidine rings is 1. The normalized spacial score (nSPS) is 19.9. The molecule has 0 unspecified atom stereocenters. The maximum absolute atomic E-state index is 6.12. The third-order valence-corrected chi connectivity index (χ3v) is 5.84. The second-order valence-corrected chi connectivity index (χ2v) is 9.14. The molecule has 2 rings (SSSR count). The molecule has 0 bridgehead atoms. The van der Waals surface area contributed by atoms with Crippen molar-refractivity contribution < 1.29 is 21.5 Å². The van der Waals surface area contributed by atoms with Gasteiger partial charge in [0.05, 0.1) is 12.8 Å². The molecule has 1 aromatic heterocycles. The van der Waals surface area contributed by atoms with Crippen molar-refractivity contribution in [2.45, 2.75) is 64.6 Å². The average molecular weight is 513 g/mol. The molecule has 0 aromatic carbocycles. The van der Waals surface area contributed by atoms with Gasteiger partial charge in [0.1, 0.15) is 11.5 Å². The molecule has 175 valence electrons. The van der Waals surface area contributed by atoms with E-state index in [-0.39, 0.29) is 38.5 Å². The summed E-state index contributed by atoms with van der Waals surface area (Å²) in [7, 11) is 3.18. The molecule has 0 amide bonds. The van der Waals surface area contributed by atoms with Gasteiger partial charge in [-0.3, -0.25) is 25.7 Å². The summed E-state index contributed by atoms with van der Waals surface area (Å²) in [5.74, 6) is 1.43. The molecule has 0 spiro atoms. The second-order valence-electron chi connectivity index (χ2n) is 8.37. The first-order valence-corrected chi connectivity index (χ1v) is 10.7. The molecule has 1 aliphatic heterocycles. The molecule has 0 atom stereocenters. The quantitative estimate of drug-likeness (QED) is 0.200. The maximum atomic E-state index is 6.12. The minimum Gasteiger partial charge on any atom is -0.741 e. The SMILES string of the molecule is CN=C([S-])N/N=C(/C=N/NC([S-])=NC)c1ccc(CN2C(C)(C)CCCC2(C)C)o1.[Cu+2]. The van der Waals surface area contributed by atoms with E-state index >= 15 is 0 Å². The van der Waals surface area contributed by atoms with Gasteiger partial charge in [0.25, 0.3) is 0 Å². The Labute approximate surface area is 206 Å². The Morgan fingerprint density at radius 2 is 1.65 bits per heavy atom. The average Bonchev–Trinajstić information content (AvgIpc) is 3.15. The third kappa shape index (κ3) is 7.84. The molecule has 0 aliphatic carbocycles. The largest absolute Gasteiger partial charge is 2.00 e. The Kier molecular flexibility index (Phi) is 10.6. The van der Waals surface area contributed by atoms with Crippen molar-refractivity contribution in [3.05, 3.63) is 23.7 Å². The number of likely N-dealkylation sites (tertiary alicyclic amines) is 1. The van der Waals surface area contributed by atoms with Crippen LogP contribution in [-0.4, -0.2) is 52.3 Å². The van der Waals surface area contributed by atoms with Crippen LogP contribution in [0.2, 0.25) is 0 Å². The van der Waals surface area contributed by atoms with E-state index < -0.39 is 0 Å². The fourth-order valence-corrected chi connectivity index (χ4v) is 3.83. The molecule has 1 saturated heterocycles. The monoisotopic (exact) mass is 512 g/mol. The molecule has 2 N–H and O–H groups in total. The van der Waals surface area contributed by atoms with E-state index in [1.807, 2.05) is 12.1 Å². The van der Waals surface area contributed by atoms with Crippen LogP contribution in [0.3, 0.4) is 0 Å². The first kappa shape index (κ1) is 27.5. The van der Waals surface area contributed by atoms with E-state index in [1.165, 1.54) is 25.5 Å². The molecular formula is C20H31CuN7OS2. The van der Waals surface area contributed by atoms with Crippen LogP contribution in [0.1, 0.15) is 58.5 Å². The van der Waals surface area contributed by atoms with Crippen LogP contribution in [-0.2, 0) is 48.9 Å². The Hall–Kier alpha value is -1.52. The van der Waals surface area contributed by atoms with Crippen LogP contribution < -0.4 is 10.9 Å². The molecular weight excluding hydrogens is 482 g/mol. The predicted octanol–water partition coefficient (Wildman–Crippen LogP) is 2.75. The number of hydrazone groups is 2. The van der Waals surface area contributed by atoms with Gasteiger partial charge in [-0.2, -0.15) is 10.2 Å². The van der Waals surface area contributed by atoms with E-state index in [0.29, 0.717) is 11.5 Å². The maximum Gasteiger partial charge on any atom is 2.00 e. The summed E-state index contributed by atoms with van der Waals surface area (Å²) in [6.45, 7) is 9.90. The number of nitrogens with one attached hydrogen (secondary N) is 2. The van der Waals surface area contributed by atoms with Gasteiger partial charge in [0.15, 0.2) is 5.76 Å². The number of amidine groups is 2. The number of nitrogens with zero attached hydrogens (tertiary/aromatic N) is 5. The molecule has 2 heterocycles. The van der Waals surface area contributed by atoms with Crippen LogP contribution in [0, 0.1) is 0 Å². The van der Waals surface area contributed by atoms with E-state index in [2.05, 4.69) is 63.6 Å². The van der Waals surface area contributed by atoms with Gasteiger partial charge in [-0.15, -0.1) is 0 Å². The smallest absolute Gasteiger partial charge is 0.741 e. The van der Waals surface area contributed by atoms with Gasteiger partial charge in [0.2, 0.25) is 0 Å². The molecule has 1 aromatic rings. The van der Waals surface area contributed by atoms with Gasteiger partial charge >= 0.3 is 17.1 Å². The fraction of sp³-hybridized carbons (Fsp3) is 0.600. The zero-order chi connectivity index (χ0) is 22.4. The number of aliphatic imine (C=N–C) groups is 2. The van der Waals surface area contributed by atoms with Crippen molar-refractivity contribution in [1.82, 2.24) is 15.8 Å². The van der Waals surface area contributed by atoms with Crippen LogP contribution in [0.5, 0.6) is 0 Å². The molecule has 31 heavy (non-hydrogen) atoms. The Morgan fingerprint density at radius 3 is 2.23 bits per heavy atom. The summed E-state index contributed by atoms with van der Waals surface area (Å²) in [4.78, 5) is 10.2. The standard InChI is InChI=1S/C20H33N7OS2.Cu/c1-19(2)10-7-11-20(3,4)27(19)13-14-8-9-16(28-14)15(24-26-18(30)22-6)12-23-25-17(29)21-5;/h8-9,12H,7,10-11,13H2,1-6H3,(H2,21,25,29)(H2,22,26,30);/q;+2/p-2/b23-12+,24-15-;. The van der Waals surface area contributed by atoms with Crippen molar-refractivity contribution in [3.8, 4) is 0 Å². The predicted molar refractivity (Wildman–Crippen MR) is 129 cm³/mol. The number of hydrogen-bond donors (Lipinski definition) is 2. The fourth-order valence-electron chi connectivity index (χ4n) is 3.73. The minimum atomic E-state index is 0. The molecule has 11 heteroatoms. The number of rotatable bonds is 6. The van der Waals surface area contributed by atoms with Gasteiger partial charge in [-0.25, -0.2) is 0 Å². The molecule has 1 aliphatic rings. The van der Waals surface area contributed by atoms with Crippen LogP contribution in [0.15, 0.2) is 36.7 Å². The molecule has 8 nitrogen and oxygen atoms in total. The summed E-state index contributed by atoms with van der Waals surface area (Å²) in [6, 6.07) is 3.85. The Morgan fingerprint density at radius 1 is 1.06 bits per heavy atom. The topological polar surface area (TPSA) is 89.9 Å². The van der Waals surface area contributed by atoms with Crippen molar-refractivity contribution in [3.63, 3.8) is 0 Å². The number of hydrogen-bond acceptors (Lipinski definition) is 8. The van der Waals surface area contributed by atoms with E-state index in [1.54, 1.807) is 14.1 Å². The van der Waals surface area contributed by atoms with Crippen LogP contribution >= 0.6 is 0 Å². The summed E-state index contributed by atoms with van der Waals surface area (Å²) >= 11 is 10.0. The minimum absolute atomic E-state index is 0. The first-order valence-electron chi connectivity index (χ1n) is 9.86. The van der Waals surface area contributed by atoms with Crippen LogP contribution in [0.25, 0.3) is 0 Å². The van der Waals surface area contributed by atoms with E-state index in [4.69, 9.17) is 29.7 Å². The van der Waals surface area contributed by atoms with Gasteiger partial charge < -0.3 is 29.7 Å². The van der Waals surface area contributed by atoms with E-state index in [0.717, 1.165) is 12.3 Å². The number of furan rings is 1. The summed E-state index contributed by atoms with van der Waals surface area (Å²) in [6.07, 6.45) is 5.07. The second kappa shape index (κ2) is 11.9. The van der Waals surface area contributed by atoms with Gasteiger partial charge in [-0.1, -0.05) is 0 Å². The van der Waals surface area contributed by atoms with E-state index in [9.17, 15) is 0 Å².